The molecule has 0 aliphatic carbocycles. The summed E-state index contributed by atoms with van der Waals surface area (Å²) in [6.45, 7) is 4.35. The largest absolute Gasteiger partial charge is 0.370 e. The number of aryl methyl sites for hydroxylation is 1. The van der Waals surface area contributed by atoms with E-state index in [1.807, 2.05) is 0 Å². The van der Waals surface area contributed by atoms with Crippen LogP contribution in [0.15, 0.2) is 36.4 Å². The highest BCUT2D eigenvalue weighted by Gasteiger charge is 2.44. The SMILES string of the molecule is CNC(=O)C1(Nc2cccc(F)c2)CCN(Cc2ccc(C)s2)C1. The first-order valence-electron chi connectivity index (χ1n) is 8.04. The van der Waals surface area contributed by atoms with Crippen LogP contribution in [-0.2, 0) is 11.3 Å². The summed E-state index contributed by atoms with van der Waals surface area (Å²) in [6, 6.07) is 10.5. The van der Waals surface area contributed by atoms with Gasteiger partial charge in [0.1, 0.15) is 11.4 Å². The molecule has 1 saturated heterocycles. The highest BCUT2D eigenvalue weighted by Crippen LogP contribution is 2.29. The zero-order valence-electron chi connectivity index (χ0n) is 13.9. The number of hydrogen-bond donors (Lipinski definition) is 2. The summed E-state index contributed by atoms with van der Waals surface area (Å²) in [5.41, 5.74) is -0.0955. The lowest BCUT2D eigenvalue weighted by Gasteiger charge is -2.30. The molecule has 1 amide bonds. The predicted octanol–water partition coefficient (Wildman–Crippen LogP) is 3.00. The van der Waals surface area contributed by atoms with Gasteiger partial charge in [0.05, 0.1) is 0 Å². The minimum atomic E-state index is -0.727. The maximum Gasteiger partial charge on any atom is 0.246 e. The van der Waals surface area contributed by atoms with E-state index in [-0.39, 0.29) is 11.7 Å². The Morgan fingerprint density at radius 3 is 2.88 bits per heavy atom. The van der Waals surface area contributed by atoms with Gasteiger partial charge < -0.3 is 10.6 Å². The van der Waals surface area contributed by atoms with Crippen molar-refractivity contribution in [3.63, 3.8) is 0 Å². The van der Waals surface area contributed by atoms with Crippen molar-refractivity contribution in [2.24, 2.45) is 0 Å². The lowest BCUT2D eigenvalue weighted by Crippen LogP contribution is -2.53. The topological polar surface area (TPSA) is 44.4 Å². The molecule has 1 atom stereocenters. The molecule has 6 heteroatoms. The summed E-state index contributed by atoms with van der Waals surface area (Å²) in [5.74, 6) is -0.368. The monoisotopic (exact) mass is 347 g/mol. The number of likely N-dealkylation sites (N-methyl/N-ethyl adjacent to an activating group) is 1. The van der Waals surface area contributed by atoms with E-state index in [1.165, 1.54) is 21.9 Å². The molecule has 2 heterocycles. The summed E-state index contributed by atoms with van der Waals surface area (Å²) in [4.78, 5) is 17.4. The van der Waals surface area contributed by atoms with Crippen molar-refractivity contribution in [1.29, 1.82) is 0 Å². The number of amides is 1. The first-order chi connectivity index (χ1) is 11.5. The number of halogens is 1. The Morgan fingerprint density at radius 1 is 1.38 bits per heavy atom. The molecule has 1 aliphatic rings. The fourth-order valence-electron chi connectivity index (χ4n) is 3.24. The van der Waals surface area contributed by atoms with Gasteiger partial charge in [-0.25, -0.2) is 4.39 Å². The number of carbonyl (C=O) groups excluding carboxylic acids is 1. The van der Waals surface area contributed by atoms with Crippen LogP contribution in [0.25, 0.3) is 0 Å². The van der Waals surface area contributed by atoms with Gasteiger partial charge in [0.2, 0.25) is 5.91 Å². The molecule has 4 nitrogen and oxygen atoms in total. The third kappa shape index (κ3) is 3.60. The van der Waals surface area contributed by atoms with Crippen LogP contribution in [0.5, 0.6) is 0 Å². The summed E-state index contributed by atoms with van der Waals surface area (Å²) >= 11 is 1.78. The predicted molar refractivity (Wildman–Crippen MR) is 95.8 cm³/mol. The second-order valence-electron chi connectivity index (χ2n) is 6.27. The molecule has 2 aromatic rings. The first-order valence-corrected chi connectivity index (χ1v) is 8.86. The minimum absolute atomic E-state index is 0.0587. The number of nitrogens with zero attached hydrogens (tertiary/aromatic N) is 1. The van der Waals surface area contributed by atoms with Gasteiger partial charge in [-0.3, -0.25) is 9.69 Å². The minimum Gasteiger partial charge on any atom is -0.370 e. The molecule has 0 saturated carbocycles. The van der Waals surface area contributed by atoms with E-state index in [4.69, 9.17) is 0 Å². The van der Waals surface area contributed by atoms with E-state index < -0.39 is 5.54 Å². The Labute approximate surface area is 145 Å². The molecule has 1 unspecified atom stereocenters. The maximum atomic E-state index is 13.5. The fourth-order valence-corrected chi connectivity index (χ4v) is 4.17. The molecule has 0 bridgehead atoms. The number of nitrogens with one attached hydrogen (secondary N) is 2. The summed E-state index contributed by atoms with van der Waals surface area (Å²) in [5, 5.41) is 6.03. The average molecular weight is 347 g/mol. The molecule has 0 spiro atoms. The summed E-state index contributed by atoms with van der Waals surface area (Å²) in [6.07, 6.45) is 0.688. The molecule has 24 heavy (non-hydrogen) atoms. The van der Waals surface area contributed by atoms with Gasteiger partial charge in [-0.05, 0) is 43.7 Å². The van der Waals surface area contributed by atoms with Crippen molar-refractivity contribution >= 4 is 22.9 Å². The zero-order chi connectivity index (χ0) is 17.2. The van der Waals surface area contributed by atoms with Crippen LogP contribution in [0.3, 0.4) is 0 Å². The zero-order valence-corrected chi connectivity index (χ0v) is 14.8. The molecule has 3 rings (SSSR count). The van der Waals surface area contributed by atoms with Gasteiger partial charge in [-0.2, -0.15) is 0 Å². The van der Waals surface area contributed by atoms with Crippen LogP contribution in [0.2, 0.25) is 0 Å². The standard InChI is InChI=1S/C18H22FN3OS/c1-13-6-7-16(24-13)11-22-9-8-18(12-22,17(23)20-2)21-15-5-3-4-14(19)10-15/h3-7,10,21H,8-9,11-12H2,1-2H3,(H,20,23). The first kappa shape index (κ1) is 16.9. The smallest absolute Gasteiger partial charge is 0.246 e. The van der Waals surface area contributed by atoms with E-state index >= 15 is 0 Å². The second-order valence-corrected chi connectivity index (χ2v) is 7.64. The lowest BCUT2D eigenvalue weighted by molar-refractivity contribution is -0.124. The van der Waals surface area contributed by atoms with Crippen LogP contribution in [0.4, 0.5) is 10.1 Å². The lowest BCUT2D eigenvalue weighted by atomic mass is 9.96. The van der Waals surface area contributed by atoms with Crippen molar-refractivity contribution in [3.05, 3.63) is 52.0 Å². The second kappa shape index (κ2) is 6.91. The average Bonchev–Trinajstić information content (AvgIpc) is 3.14. The third-order valence-electron chi connectivity index (χ3n) is 4.39. The van der Waals surface area contributed by atoms with Crippen molar-refractivity contribution in [2.45, 2.75) is 25.4 Å². The van der Waals surface area contributed by atoms with E-state index in [0.29, 0.717) is 18.7 Å². The van der Waals surface area contributed by atoms with Crippen LogP contribution in [0, 0.1) is 12.7 Å². The molecule has 2 N–H and O–H groups in total. The highest BCUT2D eigenvalue weighted by molar-refractivity contribution is 7.11. The number of carbonyl (C=O) groups is 1. The number of likely N-dealkylation sites (tertiary alicyclic amines) is 1. The van der Waals surface area contributed by atoms with Gasteiger partial charge in [-0.1, -0.05) is 6.07 Å². The third-order valence-corrected chi connectivity index (χ3v) is 5.38. The quantitative estimate of drug-likeness (QED) is 0.874. The van der Waals surface area contributed by atoms with Crippen molar-refractivity contribution < 1.29 is 9.18 Å². The highest BCUT2D eigenvalue weighted by atomic mass is 32.1. The van der Waals surface area contributed by atoms with E-state index in [9.17, 15) is 9.18 Å². The number of hydrogen-bond acceptors (Lipinski definition) is 4. The molecule has 0 radical (unpaired) electrons. The van der Waals surface area contributed by atoms with Crippen LogP contribution in [0.1, 0.15) is 16.2 Å². The van der Waals surface area contributed by atoms with Crippen LogP contribution >= 0.6 is 11.3 Å². The number of thiophene rings is 1. The molecule has 128 valence electrons. The Bertz CT molecular complexity index is 733. The normalized spacial score (nSPS) is 21.0. The van der Waals surface area contributed by atoms with Gasteiger partial charge in [0.15, 0.2) is 0 Å². The Balaban J connectivity index is 1.76. The number of anilines is 1. The Hall–Kier alpha value is -1.92. The van der Waals surface area contributed by atoms with E-state index in [2.05, 4.69) is 34.6 Å². The van der Waals surface area contributed by atoms with Gasteiger partial charge >= 0.3 is 0 Å². The van der Waals surface area contributed by atoms with Crippen LogP contribution < -0.4 is 10.6 Å². The maximum absolute atomic E-state index is 13.5. The van der Waals surface area contributed by atoms with Crippen molar-refractivity contribution in [3.8, 4) is 0 Å². The van der Waals surface area contributed by atoms with Crippen LogP contribution in [-0.4, -0.2) is 36.5 Å². The molecule has 1 aromatic carbocycles. The molecule has 1 fully saturated rings. The Morgan fingerprint density at radius 2 is 2.21 bits per heavy atom. The van der Waals surface area contributed by atoms with E-state index in [0.717, 1.165) is 13.1 Å². The van der Waals surface area contributed by atoms with Gasteiger partial charge in [-0.15, -0.1) is 11.3 Å². The Kier molecular flexibility index (Phi) is 4.87. The number of benzene rings is 1. The van der Waals surface area contributed by atoms with Gasteiger partial charge in [0, 0.05) is 42.1 Å². The van der Waals surface area contributed by atoms with Crippen molar-refractivity contribution in [1.82, 2.24) is 10.2 Å². The number of rotatable bonds is 5. The summed E-state index contributed by atoms with van der Waals surface area (Å²) < 4.78 is 13.5. The molecular formula is C18H22FN3OS. The van der Waals surface area contributed by atoms with Gasteiger partial charge in [0.25, 0.3) is 0 Å². The molecule has 1 aliphatic heterocycles. The van der Waals surface area contributed by atoms with Crippen molar-refractivity contribution in [2.75, 3.05) is 25.5 Å². The fraction of sp³-hybridized carbons (Fsp3) is 0.389. The molecule has 1 aromatic heterocycles. The molecular weight excluding hydrogens is 325 g/mol. The van der Waals surface area contributed by atoms with E-state index in [1.54, 1.807) is 30.5 Å². The summed E-state index contributed by atoms with van der Waals surface area (Å²) in [7, 11) is 1.64.